The quantitative estimate of drug-likeness (QED) is 0.904. The van der Waals surface area contributed by atoms with Crippen LogP contribution in [0.25, 0.3) is 0 Å². The average molecular weight is 257 g/mol. The molecule has 0 aliphatic rings. The number of furan rings is 1. The van der Waals surface area contributed by atoms with Crippen molar-refractivity contribution in [3.8, 4) is 0 Å². The standard InChI is InChI=1S/C17H23NO/c1-12-5-6-14(17(2,3)4)9-13(12)10-15-7-8-16(11-18)19-15/h5-9H,10-11,18H2,1-4H3. The minimum Gasteiger partial charge on any atom is -0.464 e. The third-order valence-electron chi connectivity index (χ3n) is 3.50. The summed E-state index contributed by atoms with van der Waals surface area (Å²) >= 11 is 0. The van der Waals surface area contributed by atoms with Gasteiger partial charge < -0.3 is 10.2 Å². The molecule has 1 heterocycles. The third kappa shape index (κ3) is 3.27. The van der Waals surface area contributed by atoms with E-state index in [1.807, 2.05) is 12.1 Å². The summed E-state index contributed by atoms with van der Waals surface area (Å²) in [5, 5.41) is 0. The summed E-state index contributed by atoms with van der Waals surface area (Å²) in [7, 11) is 0. The Bertz CT molecular complexity index is 561. The minimum absolute atomic E-state index is 0.175. The summed E-state index contributed by atoms with van der Waals surface area (Å²) in [5.41, 5.74) is 9.74. The van der Waals surface area contributed by atoms with Crippen molar-refractivity contribution in [2.75, 3.05) is 0 Å². The maximum Gasteiger partial charge on any atom is 0.117 e. The molecule has 0 atom stereocenters. The maximum atomic E-state index is 5.69. The molecule has 19 heavy (non-hydrogen) atoms. The second kappa shape index (κ2) is 5.22. The fourth-order valence-electron chi connectivity index (χ4n) is 2.14. The lowest BCUT2D eigenvalue weighted by Crippen LogP contribution is -2.11. The summed E-state index contributed by atoms with van der Waals surface area (Å²) in [6.07, 6.45) is 0.829. The first-order chi connectivity index (χ1) is 8.90. The van der Waals surface area contributed by atoms with Gasteiger partial charge in [0.05, 0.1) is 6.54 Å². The zero-order valence-corrected chi connectivity index (χ0v) is 12.3. The van der Waals surface area contributed by atoms with Gasteiger partial charge in [0.15, 0.2) is 0 Å². The number of benzene rings is 1. The molecule has 2 aromatic rings. The van der Waals surface area contributed by atoms with E-state index in [1.54, 1.807) is 0 Å². The van der Waals surface area contributed by atoms with Gasteiger partial charge >= 0.3 is 0 Å². The Hall–Kier alpha value is -1.54. The molecule has 0 amide bonds. The Balaban J connectivity index is 2.28. The Morgan fingerprint density at radius 2 is 1.74 bits per heavy atom. The molecule has 0 unspecified atom stereocenters. The van der Waals surface area contributed by atoms with Crippen LogP contribution in [0.5, 0.6) is 0 Å². The fourth-order valence-corrected chi connectivity index (χ4v) is 2.14. The van der Waals surface area contributed by atoms with Crippen molar-refractivity contribution < 1.29 is 4.42 Å². The van der Waals surface area contributed by atoms with Crippen molar-refractivity contribution in [2.45, 2.75) is 46.1 Å². The smallest absolute Gasteiger partial charge is 0.117 e. The van der Waals surface area contributed by atoms with Gasteiger partial charge in [-0.15, -0.1) is 0 Å². The second-order valence-corrected chi connectivity index (χ2v) is 6.14. The molecule has 1 aromatic heterocycles. The predicted molar refractivity (Wildman–Crippen MR) is 79.3 cm³/mol. The van der Waals surface area contributed by atoms with E-state index in [1.165, 1.54) is 16.7 Å². The summed E-state index contributed by atoms with van der Waals surface area (Å²) < 4.78 is 5.69. The number of hydrogen-bond acceptors (Lipinski definition) is 2. The van der Waals surface area contributed by atoms with Gasteiger partial charge in [0.25, 0.3) is 0 Å². The predicted octanol–water partition coefficient (Wildman–Crippen LogP) is 3.94. The topological polar surface area (TPSA) is 39.2 Å². The molecule has 0 saturated carbocycles. The van der Waals surface area contributed by atoms with Crippen LogP contribution in [0.3, 0.4) is 0 Å². The van der Waals surface area contributed by atoms with E-state index in [0.717, 1.165) is 17.9 Å². The van der Waals surface area contributed by atoms with Crippen LogP contribution in [0.1, 0.15) is 49.0 Å². The molecule has 0 fully saturated rings. The number of nitrogens with two attached hydrogens (primary N) is 1. The van der Waals surface area contributed by atoms with Crippen LogP contribution in [-0.4, -0.2) is 0 Å². The van der Waals surface area contributed by atoms with Gasteiger partial charge in [-0.05, 0) is 41.2 Å². The molecule has 2 rings (SSSR count). The Morgan fingerprint density at radius 3 is 2.32 bits per heavy atom. The van der Waals surface area contributed by atoms with E-state index in [9.17, 15) is 0 Å². The molecule has 0 bridgehead atoms. The Kier molecular flexibility index (Phi) is 3.81. The molecular weight excluding hydrogens is 234 g/mol. The highest BCUT2D eigenvalue weighted by molar-refractivity contribution is 5.36. The zero-order valence-electron chi connectivity index (χ0n) is 12.3. The molecule has 0 aliphatic heterocycles. The van der Waals surface area contributed by atoms with Crippen LogP contribution in [0.15, 0.2) is 34.7 Å². The molecular formula is C17H23NO. The van der Waals surface area contributed by atoms with Gasteiger partial charge in [-0.1, -0.05) is 39.0 Å². The van der Waals surface area contributed by atoms with Gasteiger partial charge in [0.2, 0.25) is 0 Å². The monoisotopic (exact) mass is 257 g/mol. The summed E-state index contributed by atoms with van der Waals surface area (Å²) in [4.78, 5) is 0. The molecule has 0 spiro atoms. The van der Waals surface area contributed by atoms with Crippen LogP contribution in [-0.2, 0) is 18.4 Å². The normalized spacial score (nSPS) is 11.8. The highest BCUT2D eigenvalue weighted by Gasteiger charge is 2.15. The van der Waals surface area contributed by atoms with Crippen molar-refractivity contribution >= 4 is 0 Å². The molecule has 0 aliphatic carbocycles. The van der Waals surface area contributed by atoms with Gasteiger partial charge in [-0.3, -0.25) is 0 Å². The number of aryl methyl sites for hydroxylation is 1. The van der Waals surface area contributed by atoms with E-state index < -0.39 is 0 Å². The van der Waals surface area contributed by atoms with Crippen LogP contribution in [0.2, 0.25) is 0 Å². The lowest BCUT2D eigenvalue weighted by molar-refractivity contribution is 0.474. The molecule has 102 valence electrons. The van der Waals surface area contributed by atoms with Crippen LogP contribution < -0.4 is 5.73 Å². The van der Waals surface area contributed by atoms with Gasteiger partial charge in [0, 0.05) is 6.42 Å². The summed E-state index contributed by atoms with van der Waals surface area (Å²) in [5.74, 6) is 1.83. The zero-order chi connectivity index (χ0) is 14.0. The Morgan fingerprint density at radius 1 is 1.05 bits per heavy atom. The SMILES string of the molecule is Cc1ccc(C(C)(C)C)cc1Cc1ccc(CN)o1. The van der Waals surface area contributed by atoms with Crippen molar-refractivity contribution in [3.05, 3.63) is 58.5 Å². The third-order valence-corrected chi connectivity index (χ3v) is 3.50. The molecule has 1 aromatic carbocycles. The van der Waals surface area contributed by atoms with E-state index >= 15 is 0 Å². The largest absolute Gasteiger partial charge is 0.464 e. The first-order valence-corrected chi connectivity index (χ1v) is 6.78. The molecule has 0 saturated heterocycles. The summed E-state index contributed by atoms with van der Waals surface area (Å²) in [6, 6.07) is 10.7. The first-order valence-electron chi connectivity index (χ1n) is 6.78. The second-order valence-electron chi connectivity index (χ2n) is 6.14. The van der Waals surface area contributed by atoms with Crippen molar-refractivity contribution in [1.82, 2.24) is 0 Å². The van der Waals surface area contributed by atoms with E-state index in [4.69, 9.17) is 10.2 Å². The van der Waals surface area contributed by atoms with Crippen molar-refractivity contribution in [2.24, 2.45) is 5.73 Å². The number of hydrogen-bond donors (Lipinski definition) is 1. The molecule has 0 radical (unpaired) electrons. The maximum absolute atomic E-state index is 5.69. The highest BCUT2D eigenvalue weighted by atomic mass is 16.3. The molecule has 2 heteroatoms. The van der Waals surface area contributed by atoms with E-state index in [2.05, 4.69) is 45.9 Å². The number of rotatable bonds is 3. The van der Waals surface area contributed by atoms with Crippen LogP contribution in [0, 0.1) is 6.92 Å². The lowest BCUT2D eigenvalue weighted by atomic mass is 9.85. The first kappa shape index (κ1) is 13.9. The highest BCUT2D eigenvalue weighted by Crippen LogP contribution is 2.26. The fraction of sp³-hybridized carbons (Fsp3) is 0.412. The van der Waals surface area contributed by atoms with Crippen molar-refractivity contribution in [3.63, 3.8) is 0 Å². The summed E-state index contributed by atoms with van der Waals surface area (Å²) in [6.45, 7) is 9.32. The van der Waals surface area contributed by atoms with E-state index in [-0.39, 0.29) is 5.41 Å². The minimum atomic E-state index is 0.175. The molecule has 2 nitrogen and oxygen atoms in total. The molecule has 2 N–H and O–H groups in total. The average Bonchev–Trinajstić information content (AvgIpc) is 2.78. The lowest BCUT2D eigenvalue weighted by Gasteiger charge is -2.20. The van der Waals surface area contributed by atoms with Gasteiger partial charge in [-0.2, -0.15) is 0 Å². The van der Waals surface area contributed by atoms with Crippen LogP contribution in [0.4, 0.5) is 0 Å². The van der Waals surface area contributed by atoms with Gasteiger partial charge in [-0.25, -0.2) is 0 Å². The van der Waals surface area contributed by atoms with Gasteiger partial charge in [0.1, 0.15) is 11.5 Å². The van der Waals surface area contributed by atoms with Crippen molar-refractivity contribution in [1.29, 1.82) is 0 Å². The van der Waals surface area contributed by atoms with Crippen LogP contribution >= 0.6 is 0 Å². The van der Waals surface area contributed by atoms with E-state index in [0.29, 0.717) is 6.54 Å². The Labute approximate surface area is 115 Å².